The predicted octanol–water partition coefficient (Wildman–Crippen LogP) is 17.7. The molecule has 3 nitrogen and oxygen atoms in total. The molecular formula is C65H42N2O. The van der Waals surface area contributed by atoms with Crippen molar-refractivity contribution in [3.8, 4) is 33.4 Å². The second-order valence-corrected chi connectivity index (χ2v) is 18.0. The maximum absolute atomic E-state index is 6.52. The second kappa shape index (κ2) is 15.1. The van der Waals surface area contributed by atoms with E-state index in [4.69, 9.17) is 4.42 Å². The zero-order chi connectivity index (χ0) is 44.8. The van der Waals surface area contributed by atoms with E-state index in [9.17, 15) is 0 Å². The van der Waals surface area contributed by atoms with Crippen LogP contribution in [0.4, 0.5) is 34.1 Å². The first kappa shape index (κ1) is 38.4. The third-order valence-corrected chi connectivity index (χ3v) is 14.4. The van der Waals surface area contributed by atoms with Gasteiger partial charge in [0.2, 0.25) is 0 Å². The molecule has 0 saturated heterocycles. The van der Waals surface area contributed by atoms with Crippen LogP contribution in [0, 0.1) is 0 Å². The van der Waals surface area contributed by atoms with Gasteiger partial charge in [0.25, 0.3) is 0 Å². The van der Waals surface area contributed by atoms with Crippen molar-refractivity contribution in [2.75, 3.05) is 9.80 Å². The van der Waals surface area contributed by atoms with E-state index >= 15 is 0 Å². The summed E-state index contributed by atoms with van der Waals surface area (Å²) in [6.45, 7) is 0. The van der Waals surface area contributed by atoms with Crippen LogP contribution in [0.1, 0.15) is 22.3 Å². The molecule has 2 aliphatic carbocycles. The summed E-state index contributed by atoms with van der Waals surface area (Å²) < 4.78 is 6.52. The van der Waals surface area contributed by atoms with Crippen LogP contribution in [0.25, 0.3) is 66.1 Å². The van der Waals surface area contributed by atoms with Gasteiger partial charge in [-0.25, -0.2) is 0 Å². The highest BCUT2D eigenvalue weighted by atomic mass is 16.3. The Hall–Kier alpha value is -8.92. The SMILES string of the molecule is c1ccc(N(c2ccccc2)c2cc(-c3ccc4c(c3)oc3ccccc34)cc(N(c3ccccc3)c3ccc4c(c3)C3(c5ccccc5-c5ccccc53)c3ccc5ccccc5c3-4)c2)cc1. The van der Waals surface area contributed by atoms with Gasteiger partial charge in [0.15, 0.2) is 0 Å². The van der Waals surface area contributed by atoms with Crippen molar-refractivity contribution in [3.05, 3.63) is 277 Å². The van der Waals surface area contributed by atoms with E-state index in [0.717, 1.165) is 67.2 Å². The Balaban J connectivity index is 1.05. The van der Waals surface area contributed by atoms with Crippen molar-refractivity contribution < 1.29 is 4.42 Å². The van der Waals surface area contributed by atoms with Crippen LogP contribution in [0.3, 0.4) is 0 Å². The van der Waals surface area contributed by atoms with Gasteiger partial charge in [-0.1, -0.05) is 170 Å². The molecule has 0 atom stereocenters. The van der Waals surface area contributed by atoms with Crippen molar-refractivity contribution in [3.63, 3.8) is 0 Å². The Morgan fingerprint density at radius 3 is 1.49 bits per heavy atom. The van der Waals surface area contributed by atoms with Crippen LogP contribution >= 0.6 is 0 Å². The minimum absolute atomic E-state index is 0.521. The fourth-order valence-electron chi connectivity index (χ4n) is 11.6. The number of hydrogen-bond donors (Lipinski definition) is 0. The molecule has 0 saturated carbocycles. The van der Waals surface area contributed by atoms with E-state index in [0.29, 0.717) is 0 Å². The molecule has 1 spiro atoms. The fraction of sp³-hybridized carbons (Fsp3) is 0.0154. The molecule has 1 aromatic heterocycles. The largest absolute Gasteiger partial charge is 0.456 e. The molecule has 0 radical (unpaired) electrons. The minimum Gasteiger partial charge on any atom is -0.456 e. The van der Waals surface area contributed by atoms with Crippen LogP contribution in [-0.4, -0.2) is 0 Å². The monoisotopic (exact) mass is 866 g/mol. The van der Waals surface area contributed by atoms with Crippen molar-refractivity contribution in [2.45, 2.75) is 5.41 Å². The molecule has 318 valence electrons. The van der Waals surface area contributed by atoms with Crippen LogP contribution in [0.5, 0.6) is 0 Å². The third kappa shape index (κ3) is 5.66. The Morgan fingerprint density at radius 1 is 0.279 bits per heavy atom. The summed E-state index contributed by atoms with van der Waals surface area (Å²) in [6.07, 6.45) is 0. The lowest BCUT2D eigenvalue weighted by atomic mass is 9.70. The number of hydrogen-bond acceptors (Lipinski definition) is 3. The summed E-state index contributed by atoms with van der Waals surface area (Å²) in [7, 11) is 0. The Morgan fingerprint density at radius 2 is 0.824 bits per heavy atom. The van der Waals surface area contributed by atoms with E-state index in [1.165, 1.54) is 55.3 Å². The Bertz CT molecular complexity index is 3840. The summed E-state index contributed by atoms with van der Waals surface area (Å²) in [6, 6.07) is 93.1. The third-order valence-electron chi connectivity index (χ3n) is 14.4. The molecule has 2 aliphatic rings. The van der Waals surface area contributed by atoms with Crippen molar-refractivity contribution in [2.24, 2.45) is 0 Å². The van der Waals surface area contributed by atoms with Gasteiger partial charge in [-0.3, -0.25) is 0 Å². The first-order chi connectivity index (χ1) is 33.7. The Kier molecular flexibility index (Phi) is 8.50. The predicted molar refractivity (Wildman–Crippen MR) is 282 cm³/mol. The first-order valence-corrected chi connectivity index (χ1v) is 23.4. The molecule has 14 rings (SSSR count). The van der Waals surface area contributed by atoms with E-state index in [2.05, 4.69) is 252 Å². The molecule has 0 N–H and O–H groups in total. The summed E-state index contributed by atoms with van der Waals surface area (Å²) in [4.78, 5) is 4.81. The average molecular weight is 867 g/mol. The van der Waals surface area contributed by atoms with E-state index < -0.39 is 5.41 Å². The number of benzene rings is 11. The highest BCUT2D eigenvalue weighted by Gasteiger charge is 2.52. The summed E-state index contributed by atoms with van der Waals surface area (Å²) in [5, 5.41) is 4.75. The van der Waals surface area contributed by atoms with E-state index in [1.807, 2.05) is 12.1 Å². The lowest BCUT2D eigenvalue weighted by molar-refractivity contribution is 0.669. The summed E-state index contributed by atoms with van der Waals surface area (Å²) in [5.41, 5.74) is 20.2. The Labute approximate surface area is 395 Å². The van der Waals surface area contributed by atoms with Crippen LogP contribution in [-0.2, 0) is 5.41 Å². The van der Waals surface area contributed by atoms with Crippen LogP contribution in [0.2, 0.25) is 0 Å². The molecule has 0 unspecified atom stereocenters. The highest BCUT2D eigenvalue weighted by Crippen LogP contribution is 2.64. The van der Waals surface area contributed by atoms with Crippen LogP contribution < -0.4 is 9.80 Å². The molecule has 0 aliphatic heterocycles. The topological polar surface area (TPSA) is 19.6 Å². The number of nitrogens with zero attached hydrogens (tertiary/aromatic N) is 2. The van der Waals surface area contributed by atoms with Crippen molar-refractivity contribution >= 4 is 66.8 Å². The smallest absolute Gasteiger partial charge is 0.136 e. The molecule has 0 amide bonds. The second-order valence-electron chi connectivity index (χ2n) is 18.0. The van der Waals surface area contributed by atoms with E-state index in [1.54, 1.807) is 0 Å². The van der Waals surface area contributed by atoms with Gasteiger partial charge >= 0.3 is 0 Å². The van der Waals surface area contributed by atoms with Gasteiger partial charge in [-0.15, -0.1) is 0 Å². The zero-order valence-electron chi connectivity index (χ0n) is 37.1. The molecule has 1 heterocycles. The lowest BCUT2D eigenvalue weighted by Gasteiger charge is -2.33. The standard InChI is InChI=1S/C65H42N2O/c1-4-19-46(20-5-1)66(47-21-6-2-7-22-47)50-38-45(44-32-35-56-55-28-14-17-31-62(55)68-63(56)40-44)39-51(41-50)67(48-23-8-3-9-24-48)49-34-36-57-61(42-49)65(60-37-33-43-18-10-11-25-52(43)64(57)60)58-29-15-12-26-53(58)54-27-13-16-30-59(54)65/h1-42H. The summed E-state index contributed by atoms with van der Waals surface area (Å²) in [5.74, 6) is 0. The molecular weight excluding hydrogens is 825 g/mol. The van der Waals surface area contributed by atoms with Gasteiger partial charge in [-0.05, 0) is 151 Å². The van der Waals surface area contributed by atoms with Gasteiger partial charge in [-0.2, -0.15) is 0 Å². The quantitative estimate of drug-likeness (QED) is 0.159. The van der Waals surface area contributed by atoms with Crippen molar-refractivity contribution in [1.29, 1.82) is 0 Å². The van der Waals surface area contributed by atoms with Crippen LogP contribution in [0.15, 0.2) is 259 Å². The van der Waals surface area contributed by atoms with E-state index in [-0.39, 0.29) is 0 Å². The van der Waals surface area contributed by atoms with Crippen molar-refractivity contribution in [1.82, 2.24) is 0 Å². The molecule has 68 heavy (non-hydrogen) atoms. The lowest BCUT2D eigenvalue weighted by Crippen LogP contribution is -2.26. The molecule has 12 aromatic rings. The molecule has 3 heteroatoms. The minimum atomic E-state index is -0.521. The maximum Gasteiger partial charge on any atom is 0.136 e. The van der Waals surface area contributed by atoms with Gasteiger partial charge in [0.05, 0.1) is 5.41 Å². The zero-order valence-corrected chi connectivity index (χ0v) is 37.1. The summed E-state index contributed by atoms with van der Waals surface area (Å²) >= 11 is 0. The number of anilines is 6. The van der Waals surface area contributed by atoms with Gasteiger partial charge < -0.3 is 14.2 Å². The van der Waals surface area contributed by atoms with Gasteiger partial charge in [0.1, 0.15) is 11.2 Å². The van der Waals surface area contributed by atoms with Gasteiger partial charge in [0, 0.05) is 44.9 Å². The maximum atomic E-state index is 6.52. The number of fused-ring (bicyclic) bond motifs is 15. The average Bonchev–Trinajstić information content (AvgIpc) is 4.04. The normalized spacial score (nSPS) is 12.8. The fourth-order valence-corrected chi connectivity index (χ4v) is 11.6. The number of para-hydroxylation sites is 4. The first-order valence-electron chi connectivity index (χ1n) is 23.4. The number of rotatable bonds is 7. The molecule has 11 aromatic carbocycles. The molecule has 0 fully saturated rings. The highest BCUT2D eigenvalue weighted by molar-refractivity contribution is 6.08. The molecule has 0 bridgehead atoms. The number of furan rings is 1.